The molecule has 2 amide bonds. The lowest BCUT2D eigenvalue weighted by Gasteiger charge is -2.31. The highest BCUT2D eigenvalue weighted by Crippen LogP contribution is 2.23. The number of piperidine rings is 1. The number of nitrogen functional groups attached to an aromatic ring is 1. The number of likely N-dealkylation sites (tertiary alicyclic amines) is 1. The highest BCUT2D eigenvalue weighted by atomic mass is 127. The summed E-state index contributed by atoms with van der Waals surface area (Å²) in [7, 11) is 0. The van der Waals surface area contributed by atoms with Crippen molar-refractivity contribution in [1.29, 1.82) is 0 Å². The van der Waals surface area contributed by atoms with E-state index in [1.54, 1.807) is 64.2 Å². The molecular formula is C20H20BrFIN5O2. The number of carbonyl (C=O) groups excluding carboxylic acids is 2. The van der Waals surface area contributed by atoms with E-state index in [-0.39, 0.29) is 29.4 Å². The molecule has 0 spiro atoms. The largest absolute Gasteiger partial charge is 0.399 e. The van der Waals surface area contributed by atoms with Crippen molar-refractivity contribution < 1.29 is 14.0 Å². The number of nitrogens with one attached hydrogen (secondary N) is 2. The number of anilines is 3. The summed E-state index contributed by atoms with van der Waals surface area (Å²) in [5.74, 6) is -0.540. The lowest BCUT2D eigenvalue weighted by molar-refractivity contribution is -0.117. The Hall–Kier alpha value is -2.21. The number of urea groups is 1. The first-order valence-electron chi connectivity index (χ1n) is 9.24. The molecule has 2 aromatic rings. The van der Waals surface area contributed by atoms with Gasteiger partial charge >= 0.3 is 6.03 Å². The first-order valence-corrected chi connectivity index (χ1v) is 11.0. The third-order valence-electron chi connectivity index (χ3n) is 4.82. The average molecular weight is 588 g/mol. The van der Waals surface area contributed by atoms with E-state index >= 15 is 0 Å². The molecule has 158 valence electrons. The van der Waals surface area contributed by atoms with E-state index in [0.717, 1.165) is 0 Å². The van der Waals surface area contributed by atoms with Crippen LogP contribution in [0.4, 0.5) is 26.2 Å². The fourth-order valence-electron chi connectivity index (χ4n) is 3.14. The molecule has 7 nitrogen and oxygen atoms in total. The number of halogens is 3. The van der Waals surface area contributed by atoms with Gasteiger partial charge in [-0.3, -0.25) is 4.79 Å². The predicted molar refractivity (Wildman–Crippen MR) is 128 cm³/mol. The SMILES string of the molecule is Nc1ccc(NC(=O)N2CCC(C(=O)/C(=N/I)Nc3ccc(F)c(Br)c3)CC2)cc1. The van der Waals surface area contributed by atoms with Crippen LogP contribution in [-0.4, -0.2) is 35.6 Å². The Bertz CT molecular complexity index is 962. The molecule has 1 aliphatic rings. The number of rotatable bonds is 4. The van der Waals surface area contributed by atoms with Crippen LogP contribution < -0.4 is 16.4 Å². The monoisotopic (exact) mass is 587 g/mol. The Morgan fingerprint density at radius 3 is 2.33 bits per heavy atom. The second-order valence-corrected chi connectivity index (χ2v) is 8.20. The summed E-state index contributed by atoms with van der Waals surface area (Å²) >= 11 is 4.90. The van der Waals surface area contributed by atoms with Gasteiger partial charge in [-0.15, -0.1) is 0 Å². The standard InChI is InChI=1S/C20H20BrFIN5O2/c21-16-11-15(5-6-17(16)22)25-19(27-23)18(29)12-7-9-28(10-8-12)20(30)26-14-3-1-13(24)2-4-14/h1-6,11-12H,7-10,24H2,(H,25,27)(H,26,30). The van der Waals surface area contributed by atoms with Crippen LogP contribution >= 0.6 is 38.8 Å². The Balaban J connectivity index is 1.55. The molecule has 0 unspecified atom stereocenters. The molecule has 1 fully saturated rings. The van der Waals surface area contributed by atoms with Crippen molar-refractivity contribution in [3.63, 3.8) is 0 Å². The van der Waals surface area contributed by atoms with Crippen LogP contribution in [0.25, 0.3) is 0 Å². The number of hydrogen-bond donors (Lipinski definition) is 3. The van der Waals surface area contributed by atoms with E-state index in [1.807, 2.05) is 0 Å². The molecule has 1 heterocycles. The number of ketones is 1. The number of Topliss-reactive ketones (excluding diaryl/α,β-unsaturated/α-hetero) is 1. The van der Waals surface area contributed by atoms with Gasteiger partial charge in [-0.05, 0) is 71.2 Å². The van der Waals surface area contributed by atoms with E-state index in [9.17, 15) is 14.0 Å². The van der Waals surface area contributed by atoms with Gasteiger partial charge < -0.3 is 21.3 Å². The quantitative estimate of drug-likeness (QED) is 0.206. The minimum absolute atomic E-state index is 0.122. The van der Waals surface area contributed by atoms with Crippen molar-refractivity contribution in [1.82, 2.24) is 4.90 Å². The summed E-state index contributed by atoms with van der Waals surface area (Å²) in [5.41, 5.74) is 7.51. The number of carbonyl (C=O) groups is 2. The molecule has 0 saturated carbocycles. The van der Waals surface area contributed by atoms with Crippen LogP contribution in [0, 0.1) is 11.7 Å². The van der Waals surface area contributed by atoms with Gasteiger partial charge in [0.25, 0.3) is 0 Å². The van der Waals surface area contributed by atoms with Crippen molar-refractivity contribution >= 4 is 73.5 Å². The van der Waals surface area contributed by atoms with Crippen LogP contribution in [-0.2, 0) is 4.79 Å². The first-order chi connectivity index (χ1) is 14.4. The van der Waals surface area contributed by atoms with Crippen LogP contribution in [0.15, 0.2) is 50.1 Å². The van der Waals surface area contributed by atoms with Gasteiger partial charge in [0.1, 0.15) is 5.82 Å². The van der Waals surface area contributed by atoms with Gasteiger partial charge in [-0.1, -0.05) is 0 Å². The maximum absolute atomic E-state index is 13.4. The van der Waals surface area contributed by atoms with Crippen molar-refractivity contribution in [3.8, 4) is 0 Å². The zero-order chi connectivity index (χ0) is 21.7. The first kappa shape index (κ1) is 22.5. The minimum atomic E-state index is -0.385. The molecular weight excluding hydrogens is 568 g/mol. The van der Waals surface area contributed by atoms with Gasteiger partial charge in [0.05, 0.1) is 27.3 Å². The van der Waals surface area contributed by atoms with Crippen molar-refractivity contribution in [2.24, 2.45) is 9.12 Å². The normalized spacial score (nSPS) is 15.0. The van der Waals surface area contributed by atoms with Crippen LogP contribution in [0.5, 0.6) is 0 Å². The van der Waals surface area contributed by atoms with Gasteiger partial charge in [0.15, 0.2) is 5.84 Å². The number of amides is 2. The molecule has 1 aliphatic heterocycles. The van der Waals surface area contributed by atoms with E-state index < -0.39 is 0 Å². The Kier molecular flexibility index (Phi) is 7.64. The van der Waals surface area contributed by atoms with E-state index in [2.05, 4.69) is 29.8 Å². The maximum atomic E-state index is 13.4. The highest BCUT2D eigenvalue weighted by Gasteiger charge is 2.30. The topological polar surface area (TPSA) is 99.8 Å². The fourth-order valence-corrected chi connectivity index (χ4v) is 3.88. The molecule has 0 atom stereocenters. The molecule has 10 heteroatoms. The molecule has 0 aliphatic carbocycles. The van der Waals surface area contributed by atoms with Crippen molar-refractivity contribution in [3.05, 3.63) is 52.8 Å². The van der Waals surface area contributed by atoms with E-state index in [0.29, 0.717) is 47.5 Å². The minimum Gasteiger partial charge on any atom is -0.399 e. The number of nitrogens with zero attached hydrogens (tertiary/aromatic N) is 2. The second-order valence-electron chi connectivity index (χ2n) is 6.86. The summed E-state index contributed by atoms with van der Waals surface area (Å²) in [5, 5.41) is 5.79. The van der Waals surface area contributed by atoms with Gasteiger partial charge in [0.2, 0.25) is 5.78 Å². The molecule has 3 rings (SSSR count). The Labute approximate surface area is 195 Å². The van der Waals surface area contributed by atoms with Gasteiger partial charge in [0, 0.05) is 36.1 Å². The number of nitrogens with two attached hydrogens (primary N) is 1. The molecule has 0 radical (unpaired) electrons. The zero-order valence-electron chi connectivity index (χ0n) is 15.9. The highest BCUT2D eigenvalue weighted by molar-refractivity contribution is 14.1. The number of amidine groups is 1. The maximum Gasteiger partial charge on any atom is 0.321 e. The number of benzene rings is 2. The van der Waals surface area contributed by atoms with Crippen LogP contribution in [0.1, 0.15) is 12.8 Å². The molecule has 30 heavy (non-hydrogen) atoms. The number of hydrogen-bond acceptors (Lipinski definition) is 4. The lowest BCUT2D eigenvalue weighted by atomic mass is 9.92. The molecule has 4 N–H and O–H groups in total. The van der Waals surface area contributed by atoms with E-state index in [1.165, 1.54) is 6.07 Å². The fraction of sp³-hybridized carbons (Fsp3) is 0.250. The molecule has 0 bridgehead atoms. The Morgan fingerprint density at radius 1 is 1.10 bits per heavy atom. The summed E-state index contributed by atoms with van der Waals surface area (Å²) in [6, 6.07) is 11.1. The summed E-state index contributed by atoms with van der Waals surface area (Å²) in [4.78, 5) is 27.0. The summed E-state index contributed by atoms with van der Waals surface area (Å²) in [6.45, 7) is 0.932. The Morgan fingerprint density at radius 2 is 1.73 bits per heavy atom. The molecule has 0 aromatic heterocycles. The summed E-state index contributed by atoms with van der Waals surface area (Å²) < 4.78 is 17.7. The predicted octanol–water partition coefficient (Wildman–Crippen LogP) is 4.84. The van der Waals surface area contributed by atoms with Gasteiger partial charge in [-0.2, -0.15) is 3.21 Å². The van der Waals surface area contributed by atoms with Gasteiger partial charge in [-0.25, -0.2) is 9.18 Å². The van der Waals surface area contributed by atoms with Crippen molar-refractivity contribution in [2.75, 3.05) is 29.5 Å². The van der Waals surface area contributed by atoms with Crippen molar-refractivity contribution in [2.45, 2.75) is 12.8 Å². The van der Waals surface area contributed by atoms with Crippen LogP contribution in [0.2, 0.25) is 0 Å². The molecule has 1 saturated heterocycles. The average Bonchev–Trinajstić information content (AvgIpc) is 2.75. The second kappa shape index (κ2) is 10.2. The van der Waals surface area contributed by atoms with E-state index in [4.69, 9.17) is 5.73 Å². The third-order valence-corrected chi connectivity index (χ3v) is 5.91. The smallest absolute Gasteiger partial charge is 0.321 e. The molecule has 2 aromatic carbocycles. The summed E-state index contributed by atoms with van der Waals surface area (Å²) in [6.07, 6.45) is 1.08. The third kappa shape index (κ3) is 5.69. The van der Waals surface area contributed by atoms with Crippen LogP contribution in [0.3, 0.4) is 0 Å². The lowest BCUT2D eigenvalue weighted by Crippen LogP contribution is -2.44. The zero-order valence-corrected chi connectivity index (χ0v) is 19.6.